The van der Waals surface area contributed by atoms with Gasteiger partial charge in [0.25, 0.3) is 0 Å². The lowest BCUT2D eigenvalue weighted by Gasteiger charge is -2.07. The molecule has 0 bridgehead atoms. The Morgan fingerprint density at radius 2 is 2.29 bits per heavy atom. The summed E-state index contributed by atoms with van der Waals surface area (Å²) in [5.41, 5.74) is 6.22. The molecule has 0 saturated heterocycles. The highest BCUT2D eigenvalue weighted by atomic mass is 32.1. The van der Waals surface area contributed by atoms with Crippen molar-refractivity contribution < 1.29 is 4.74 Å². The predicted molar refractivity (Wildman–Crippen MR) is 72.3 cm³/mol. The molecule has 4 nitrogen and oxygen atoms in total. The number of hydrogen-bond donors (Lipinski definition) is 2. The van der Waals surface area contributed by atoms with Crippen LogP contribution in [0, 0.1) is 11.3 Å². The molecule has 5 heteroatoms. The van der Waals surface area contributed by atoms with Crippen molar-refractivity contribution >= 4 is 22.0 Å². The summed E-state index contributed by atoms with van der Waals surface area (Å²) < 4.78 is 5.45. The van der Waals surface area contributed by atoms with Crippen molar-refractivity contribution in [3.05, 3.63) is 10.9 Å². The lowest BCUT2D eigenvalue weighted by atomic mass is 10.3. The van der Waals surface area contributed by atoms with E-state index in [-0.39, 0.29) is 0 Å². The van der Waals surface area contributed by atoms with Gasteiger partial charge in [-0.3, -0.25) is 0 Å². The van der Waals surface area contributed by atoms with Crippen molar-refractivity contribution in [2.45, 2.75) is 32.8 Å². The zero-order valence-corrected chi connectivity index (χ0v) is 11.1. The van der Waals surface area contributed by atoms with E-state index in [0.29, 0.717) is 16.7 Å². The molecule has 0 aliphatic rings. The Balaban J connectivity index is 2.16. The quantitative estimate of drug-likeness (QED) is 0.733. The Labute approximate surface area is 106 Å². The van der Waals surface area contributed by atoms with Crippen molar-refractivity contribution in [1.82, 2.24) is 0 Å². The summed E-state index contributed by atoms with van der Waals surface area (Å²) in [5.74, 6) is 0. The first kappa shape index (κ1) is 13.8. The van der Waals surface area contributed by atoms with Crippen molar-refractivity contribution in [1.29, 1.82) is 5.26 Å². The average molecular weight is 253 g/mol. The van der Waals surface area contributed by atoms with Crippen LogP contribution in [0.1, 0.15) is 31.6 Å². The number of nitriles is 1. The predicted octanol–water partition coefficient (Wildman–Crippen LogP) is 2.82. The molecule has 0 radical (unpaired) electrons. The zero-order valence-electron chi connectivity index (χ0n) is 10.3. The number of anilines is 2. The number of unbranched alkanes of at least 4 members (excludes halogenated alkanes) is 1. The molecule has 0 aliphatic heterocycles. The summed E-state index contributed by atoms with van der Waals surface area (Å²) >= 11 is 1.40. The molecule has 17 heavy (non-hydrogen) atoms. The Kier molecular flexibility index (Phi) is 5.81. The summed E-state index contributed by atoms with van der Waals surface area (Å²) in [5, 5.41) is 13.0. The van der Waals surface area contributed by atoms with E-state index in [1.54, 1.807) is 0 Å². The van der Waals surface area contributed by atoms with Gasteiger partial charge in [-0.25, -0.2) is 0 Å². The summed E-state index contributed by atoms with van der Waals surface area (Å²) in [7, 11) is 0. The third-order valence-corrected chi connectivity index (χ3v) is 3.20. The summed E-state index contributed by atoms with van der Waals surface area (Å²) in [6, 6.07) is 3.89. The SMILES string of the molecule is CC(C)OCCCCNc1cc(N)c(C#N)s1. The number of rotatable bonds is 7. The number of nitrogens with two attached hydrogens (primary N) is 1. The number of ether oxygens (including phenoxy) is 1. The monoisotopic (exact) mass is 253 g/mol. The summed E-state index contributed by atoms with van der Waals surface area (Å²) in [6.45, 7) is 5.76. The van der Waals surface area contributed by atoms with Gasteiger partial charge in [-0.15, -0.1) is 11.3 Å². The van der Waals surface area contributed by atoms with Gasteiger partial charge in [0.05, 0.1) is 16.8 Å². The fourth-order valence-electron chi connectivity index (χ4n) is 1.34. The maximum atomic E-state index is 8.76. The first-order valence-electron chi connectivity index (χ1n) is 5.78. The standard InChI is InChI=1S/C12H19N3OS/c1-9(2)16-6-4-3-5-15-12-7-10(14)11(8-13)17-12/h7,9,15H,3-6,14H2,1-2H3. The lowest BCUT2D eigenvalue weighted by Crippen LogP contribution is -2.06. The van der Waals surface area contributed by atoms with Gasteiger partial charge in [0.2, 0.25) is 0 Å². The van der Waals surface area contributed by atoms with E-state index < -0.39 is 0 Å². The normalized spacial score (nSPS) is 10.5. The molecule has 0 aliphatic carbocycles. The third-order valence-electron chi connectivity index (χ3n) is 2.18. The Morgan fingerprint density at radius 3 is 2.88 bits per heavy atom. The molecule has 0 aromatic carbocycles. The van der Waals surface area contributed by atoms with Crippen LogP contribution in [-0.2, 0) is 4.74 Å². The Hall–Kier alpha value is -1.25. The van der Waals surface area contributed by atoms with Gasteiger partial charge in [0.1, 0.15) is 10.9 Å². The van der Waals surface area contributed by atoms with Crippen molar-refractivity contribution in [2.75, 3.05) is 24.2 Å². The minimum Gasteiger partial charge on any atom is -0.397 e. The highest BCUT2D eigenvalue weighted by Crippen LogP contribution is 2.28. The zero-order chi connectivity index (χ0) is 12.7. The van der Waals surface area contributed by atoms with Crippen LogP contribution in [0.25, 0.3) is 0 Å². The molecule has 3 N–H and O–H groups in total. The molecule has 0 fully saturated rings. The maximum Gasteiger partial charge on any atom is 0.129 e. The molecule has 0 atom stereocenters. The summed E-state index contributed by atoms with van der Waals surface area (Å²) in [4.78, 5) is 0.579. The van der Waals surface area contributed by atoms with Gasteiger partial charge in [-0.05, 0) is 32.8 Å². The molecule has 1 aromatic rings. The highest BCUT2D eigenvalue weighted by Gasteiger charge is 2.04. The number of nitrogen functional groups attached to an aromatic ring is 1. The fourth-order valence-corrected chi connectivity index (χ4v) is 2.14. The van der Waals surface area contributed by atoms with E-state index in [9.17, 15) is 0 Å². The molecular formula is C12H19N3OS. The number of nitrogens with one attached hydrogen (secondary N) is 1. The molecule has 94 valence electrons. The molecule has 0 amide bonds. The number of thiophene rings is 1. The van der Waals surface area contributed by atoms with Crippen LogP contribution in [-0.4, -0.2) is 19.3 Å². The van der Waals surface area contributed by atoms with E-state index in [1.807, 2.05) is 19.9 Å². The molecule has 1 aromatic heterocycles. The number of hydrogen-bond acceptors (Lipinski definition) is 5. The van der Waals surface area contributed by atoms with Crippen LogP contribution >= 0.6 is 11.3 Å². The van der Waals surface area contributed by atoms with Gasteiger partial charge in [0.15, 0.2) is 0 Å². The van der Waals surface area contributed by atoms with Gasteiger partial charge in [-0.1, -0.05) is 0 Å². The van der Waals surface area contributed by atoms with E-state index >= 15 is 0 Å². The highest BCUT2D eigenvalue weighted by molar-refractivity contribution is 7.17. The molecule has 1 rings (SSSR count). The van der Waals surface area contributed by atoms with Crippen LogP contribution in [0.2, 0.25) is 0 Å². The fraction of sp³-hybridized carbons (Fsp3) is 0.583. The molecular weight excluding hydrogens is 234 g/mol. The maximum absolute atomic E-state index is 8.76. The van der Waals surface area contributed by atoms with Gasteiger partial charge in [0, 0.05) is 13.2 Å². The minimum atomic E-state index is 0.304. The van der Waals surface area contributed by atoms with Crippen molar-refractivity contribution in [3.63, 3.8) is 0 Å². The first-order chi connectivity index (χ1) is 8.13. The van der Waals surface area contributed by atoms with Crippen LogP contribution in [0.5, 0.6) is 0 Å². The van der Waals surface area contributed by atoms with Crippen molar-refractivity contribution in [2.24, 2.45) is 0 Å². The average Bonchev–Trinajstić information content (AvgIpc) is 2.63. The molecule has 0 spiro atoms. The minimum absolute atomic E-state index is 0.304. The van der Waals surface area contributed by atoms with E-state index in [4.69, 9.17) is 15.7 Å². The van der Waals surface area contributed by atoms with E-state index in [1.165, 1.54) is 11.3 Å². The summed E-state index contributed by atoms with van der Waals surface area (Å²) in [6.07, 6.45) is 2.39. The number of nitrogens with zero attached hydrogens (tertiary/aromatic N) is 1. The lowest BCUT2D eigenvalue weighted by molar-refractivity contribution is 0.0765. The molecule has 0 unspecified atom stereocenters. The Morgan fingerprint density at radius 1 is 1.53 bits per heavy atom. The van der Waals surface area contributed by atoms with Crippen LogP contribution in [0.3, 0.4) is 0 Å². The first-order valence-corrected chi connectivity index (χ1v) is 6.60. The second-order valence-electron chi connectivity index (χ2n) is 4.06. The topological polar surface area (TPSA) is 71.1 Å². The van der Waals surface area contributed by atoms with E-state index in [0.717, 1.165) is 31.0 Å². The van der Waals surface area contributed by atoms with E-state index in [2.05, 4.69) is 11.4 Å². The van der Waals surface area contributed by atoms with Gasteiger partial charge >= 0.3 is 0 Å². The molecule has 1 heterocycles. The Bertz CT molecular complexity index is 382. The van der Waals surface area contributed by atoms with Crippen molar-refractivity contribution in [3.8, 4) is 6.07 Å². The van der Waals surface area contributed by atoms with Gasteiger partial charge in [-0.2, -0.15) is 5.26 Å². The van der Waals surface area contributed by atoms with Gasteiger partial charge < -0.3 is 15.8 Å². The van der Waals surface area contributed by atoms with Crippen LogP contribution < -0.4 is 11.1 Å². The molecule has 0 saturated carbocycles. The second-order valence-corrected chi connectivity index (χ2v) is 5.11. The largest absolute Gasteiger partial charge is 0.397 e. The second kappa shape index (κ2) is 7.15. The van der Waals surface area contributed by atoms with Crippen LogP contribution in [0.4, 0.5) is 10.7 Å². The smallest absolute Gasteiger partial charge is 0.129 e. The third kappa shape index (κ3) is 5.07. The van der Waals surface area contributed by atoms with Crippen LogP contribution in [0.15, 0.2) is 6.07 Å².